The smallest absolute Gasteiger partial charge is 0.128 e. The molecule has 19 heavy (non-hydrogen) atoms. The van der Waals surface area contributed by atoms with E-state index in [1.54, 1.807) is 12.1 Å². The van der Waals surface area contributed by atoms with E-state index in [0.29, 0.717) is 12.1 Å². The average molecular weight is 323 g/mol. The van der Waals surface area contributed by atoms with Crippen molar-refractivity contribution in [1.82, 2.24) is 10.3 Å². The summed E-state index contributed by atoms with van der Waals surface area (Å²) in [5.74, 6) is -0.190. The Bertz CT molecular complexity index is 555. The molecule has 4 heteroatoms. The van der Waals surface area contributed by atoms with Crippen LogP contribution >= 0.6 is 15.9 Å². The van der Waals surface area contributed by atoms with Gasteiger partial charge in [-0.25, -0.2) is 4.39 Å². The molecular weight excluding hydrogens is 307 g/mol. The van der Waals surface area contributed by atoms with Crippen molar-refractivity contribution in [1.29, 1.82) is 0 Å². The molecule has 0 saturated heterocycles. The van der Waals surface area contributed by atoms with Gasteiger partial charge in [0.25, 0.3) is 0 Å². The van der Waals surface area contributed by atoms with Gasteiger partial charge in [0.1, 0.15) is 5.82 Å². The summed E-state index contributed by atoms with van der Waals surface area (Å²) in [6.45, 7) is 4.57. The van der Waals surface area contributed by atoms with Gasteiger partial charge in [0.2, 0.25) is 0 Å². The molecule has 0 saturated carbocycles. The van der Waals surface area contributed by atoms with Crippen LogP contribution in [-0.2, 0) is 6.54 Å². The van der Waals surface area contributed by atoms with Crippen LogP contribution < -0.4 is 5.32 Å². The molecule has 0 aliphatic rings. The van der Waals surface area contributed by atoms with Crippen LogP contribution in [0, 0.1) is 12.7 Å². The van der Waals surface area contributed by atoms with Gasteiger partial charge >= 0.3 is 0 Å². The highest BCUT2D eigenvalue weighted by Crippen LogP contribution is 2.21. The van der Waals surface area contributed by atoms with Gasteiger partial charge in [0.15, 0.2) is 0 Å². The fourth-order valence-electron chi connectivity index (χ4n) is 1.83. The van der Waals surface area contributed by atoms with Crippen molar-refractivity contribution >= 4 is 15.9 Å². The molecule has 1 N–H and O–H groups in total. The van der Waals surface area contributed by atoms with Crippen LogP contribution in [0.3, 0.4) is 0 Å². The minimum atomic E-state index is -0.190. The summed E-state index contributed by atoms with van der Waals surface area (Å²) in [6, 6.07) is 8.93. The quantitative estimate of drug-likeness (QED) is 0.915. The van der Waals surface area contributed by atoms with Gasteiger partial charge in [-0.1, -0.05) is 22.0 Å². The number of rotatable bonds is 4. The van der Waals surface area contributed by atoms with Crippen LogP contribution in [0.1, 0.15) is 29.8 Å². The Balaban J connectivity index is 2.03. The summed E-state index contributed by atoms with van der Waals surface area (Å²) < 4.78 is 14.6. The monoisotopic (exact) mass is 322 g/mol. The summed E-state index contributed by atoms with van der Waals surface area (Å²) >= 11 is 3.36. The summed E-state index contributed by atoms with van der Waals surface area (Å²) in [5.41, 5.74) is 2.75. The Kier molecular flexibility index (Phi) is 4.66. The lowest BCUT2D eigenvalue weighted by molar-refractivity contribution is 0.527. The van der Waals surface area contributed by atoms with Crippen molar-refractivity contribution in [3.8, 4) is 0 Å². The Morgan fingerprint density at radius 3 is 2.79 bits per heavy atom. The van der Waals surface area contributed by atoms with Crippen molar-refractivity contribution in [3.05, 3.63) is 63.6 Å². The van der Waals surface area contributed by atoms with Crippen LogP contribution in [0.2, 0.25) is 0 Å². The van der Waals surface area contributed by atoms with Gasteiger partial charge in [-0.3, -0.25) is 4.98 Å². The predicted octanol–water partition coefficient (Wildman–Crippen LogP) is 4.14. The maximum Gasteiger partial charge on any atom is 0.128 e. The van der Waals surface area contributed by atoms with Gasteiger partial charge in [-0.15, -0.1) is 0 Å². The maximum absolute atomic E-state index is 13.7. The van der Waals surface area contributed by atoms with Crippen LogP contribution in [0.5, 0.6) is 0 Å². The van der Waals surface area contributed by atoms with E-state index in [0.717, 1.165) is 15.7 Å². The third-order valence-electron chi connectivity index (χ3n) is 3.01. The molecule has 1 aromatic heterocycles. The Morgan fingerprint density at radius 2 is 2.11 bits per heavy atom. The minimum absolute atomic E-state index is 0.0567. The van der Waals surface area contributed by atoms with Gasteiger partial charge in [0, 0.05) is 34.5 Å². The third kappa shape index (κ3) is 3.85. The molecule has 0 spiro atoms. The first-order valence-electron chi connectivity index (χ1n) is 6.16. The van der Waals surface area contributed by atoms with E-state index in [2.05, 4.69) is 26.2 Å². The molecule has 0 bridgehead atoms. The molecule has 0 aliphatic carbocycles. The summed E-state index contributed by atoms with van der Waals surface area (Å²) in [4.78, 5) is 4.24. The molecule has 0 radical (unpaired) electrons. The maximum atomic E-state index is 13.7. The summed E-state index contributed by atoms with van der Waals surface area (Å²) in [5, 5.41) is 3.30. The topological polar surface area (TPSA) is 24.9 Å². The second-order valence-corrected chi connectivity index (χ2v) is 5.49. The lowest BCUT2D eigenvalue weighted by atomic mass is 10.1. The summed E-state index contributed by atoms with van der Waals surface area (Å²) in [6.07, 6.45) is 1.84. The molecule has 1 heterocycles. The number of pyridine rings is 1. The molecule has 0 aliphatic heterocycles. The second kappa shape index (κ2) is 6.26. The van der Waals surface area contributed by atoms with Crippen LogP contribution in [-0.4, -0.2) is 4.98 Å². The highest BCUT2D eigenvalue weighted by molar-refractivity contribution is 9.10. The van der Waals surface area contributed by atoms with E-state index in [1.165, 1.54) is 6.07 Å². The molecule has 2 nitrogen and oxygen atoms in total. The first-order valence-corrected chi connectivity index (χ1v) is 6.95. The fourth-order valence-corrected chi connectivity index (χ4v) is 2.21. The molecule has 1 aromatic carbocycles. The number of nitrogens with one attached hydrogen (secondary N) is 1. The van der Waals surface area contributed by atoms with Crippen LogP contribution in [0.15, 0.2) is 41.0 Å². The van der Waals surface area contributed by atoms with Gasteiger partial charge < -0.3 is 5.32 Å². The molecule has 100 valence electrons. The van der Waals surface area contributed by atoms with Gasteiger partial charge in [-0.05, 0) is 43.7 Å². The van der Waals surface area contributed by atoms with Crippen LogP contribution in [0.25, 0.3) is 0 Å². The molecule has 0 fully saturated rings. The Hall–Kier alpha value is -1.26. The lowest BCUT2D eigenvalue weighted by Crippen LogP contribution is -2.19. The lowest BCUT2D eigenvalue weighted by Gasteiger charge is -2.15. The van der Waals surface area contributed by atoms with Crippen LogP contribution in [0.4, 0.5) is 4.39 Å². The molecule has 0 amide bonds. The number of halogens is 2. The van der Waals surface area contributed by atoms with E-state index < -0.39 is 0 Å². The fraction of sp³-hybridized carbons (Fsp3) is 0.267. The van der Waals surface area contributed by atoms with Crippen molar-refractivity contribution < 1.29 is 4.39 Å². The molecule has 1 atom stereocenters. The number of hydrogen-bond acceptors (Lipinski definition) is 2. The van der Waals surface area contributed by atoms with Gasteiger partial charge in [0.05, 0.1) is 0 Å². The number of hydrogen-bond donors (Lipinski definition) is 1. The highest BCUT2D eigenvalue weighted by Gasteiger charge is 2.10. The molecule has 2 rings (SSSR count). The van der Waals surface area contributed by atoms with Crippen molar-refractivity contribution in [3.63, 3.8) is 0 Å². The number of aromatic nitrogens is 1. The zero-order valence-corrected chi connectivity index (χ0v) is 12.5. The average Bonchev–Trinajstić information content (AvgIpc) is 2.40. The van der Waals surface area contributed by atoms with E-state index in [-0.39, 0.29) is 11.9 Å². The van der Waals surface area contributed by atoms with Crippen molar-refractivity contribution in [2.24, 2.45) is 0 Å². The van der Waals surface area contributed by atoms with E-state index >= 15 is 0 Å². The number of aryl methyl sites for hydroxylation is 1. The highest BCUT2D eigenvalue weighted by atomic mass is 79.9. The standard InChI is InChI=1S/C15H16BrFN2/c1-10-3-4-12(8-18-10)9-19-11(2)14-7-13(16)5-6-15(14)17/h3-8,11,19H,9H2,1-2H3. The zero-order valence-electron chi connectivity index (χ0n) is 11.0. The minimum Gasteiger partial charge on any atom is -0.306 e. The molecule has 2 aromatic rings. The first kappa shape index (κ1) is 14.2. The predicted molar refractivity (Wildman–Crippen MR) is 78.3 cm³/mol. The van der Waals surface area contributed by atoms with Crippen molar-refractivity contribution in [2.45, 2.75) is 26.4 Å². The molecule has 1 unspecified atom stereocenters. The van der Waals surface area contributed by atoms with E-state index in [1.807, 2.05) is 32.2 Å². The second-order valence-electron chi connectivity index (χ2n) is 4.58. The Labute approximate surface area is 121 Å². The normalized spacial score (nSPS) is 12.4. The first-order chi connectivity index (χ1) is 9.06. The summed E-state index contributed by atoms with van der Waals surface area (Å²) in [7, 11) is 0. The molecular formula is C15H16BrFN2. The number of benzene rings is 1. The number of nitrogens with zero attached hydrogens (tertiary/aromatic N) is 1. The zero-order chi connectivity index (χ0) is 13.8. The SMILES string of the molecule is Cc1ccc(CNC(C)c2cc(Br)ccc2F)cn1. The van der Waals surface area contributed by atoms with Crippen molar-refractivity contribution in [2.75, 3.05) is 0 Å². The van der Waals surface area contributed by atoms with E-state index in [4.69, 9.17) is 0 Å². The Morgan fingerprint density at radius 1 is 1.32 bits per heavy atom. The van der Waals surface area contributed by atoms with Gasteiger partial charge in [-0.2, -0.15) is 0 Å². The third-order valence-corrected chi connectivity index (χ3v) is 3.50. The van der Waals surface area contributed by atoms with E-state index in [9.17, 15) is 4.39 Å². The largest absolute Gasteiger partial charge is 0.306 e.